The van der Waals surface area contributed by atoms with Gasteiger partial charge in [0.05, 0.1) is 17.1 Å². The molecule has 0 N–H and O–H groups in total. The van der Waals surface area contributed by atoms with Gasteiger partial charge in [-0.15, -0.1) is 0 Å². The maximum Gasteiger partial charge on any atom is 0.222 e. The fourth-order valence-corrected chi connectivity index (χ4v) is 3.94. The van der Waals surface area contributed by atoms with Gasteiger partial charge in [0.2, 0.25) is 5.91 Å². The van der Waals surface area contributed by atoms with E-state index in [0.717, 1.165) is 42.8 Å². The largest absolute Gasteiger partial charge is 0.333 e. The van der Waals surface area contributed by atoms with Gasteiger partial charge in [-0.2, -0.15) is 0 Å². The first-order valence-electron chi connectivity index (χ1n) is 9.74. The van der Waals surface area contributed by atoms with Crippen LogP contribution in [0.3, 0.4) is 0 Å². The predicted molar refractivity (Wildman–Crippen MR) is 109 cm³/mol. The third-order valence-electron chi connectivity index (χ3n) is 5.26. The number of imidazole rings is 1. The second-order valence-electron chi connectivity index (χ2n) is 6.98. The summed E-state index contributed by atoms with van der Waals surface area (Å²) in [4.78, 5) is 19.3. The Labute approximate surface area is 160 Å². The van der Waals surface area contributed by atoms with Crippen molar-refractivity contribution in [2.45, 2.75) is 38.8 Å². The van der Waals surface area contributed by atoms with Crippen molar-refractivity contribution < 1.29 is 4.79 Å². The first kappa shape index (κ1) is 17.5. The van der Waals surface area contributed by atoms with Crippen molar-refractivity contribution >= 4 is 23.0 Å². The van der Waals surface area contributed by atoms with Gasteiger partial charge in [0.25, 0.3) is 0 Å². The molecule has 0 aliphatic carbocycles. The number of carbonyl (C=O) groups excluding carboxylic acids is 1. The van der Waals surface area contributed by atoms with E-state index in [2.05, 4.69) is 47.1 Å². The maximum atomic E-state index is 12.4. The lowest BCUT2D eigenvalue weighted by Crippen LogP contribution is -2.31. The molecule has 1 aromatic heterocycles. The van der Waals surface area contributed by atoms with Crippen molar-refractivity contribution in [3.8, 4) is 0 Å². The van der Waals surface area contributed by atoms with Gasteiger partial charge in [-0.05, 0) is 30.5 Å². The lowest BCUT2D eigenvalue weighted by Gasteiger charge is -2.24. The van der Waals surface area contributed by atoms with Crippen molar-refractivity contribution in [1.29, 1.82) is 0 Å². The average Bonchev–Trinajstić information content (AvgIpc) is 3.33. The SMILES string of the molecule is CCC(=O)N1CCCC1c1nc2ccccc2n1C/C=C\c1ccccc1. The van der Waals surface area contributed by atoms with Gasteiger partial charge in [0.1, 0.15) is 5.82 Å². The number of benzene rings is 2. The Kier molecular flexibility index (Phi) is 5.05. The van der Waals surface area contributed by atoms with Gasteiger partial charge in [-0.25, -0.2) is 4.98 Å². The van der Waals surface area contributed by atoms with Crippen molar-refractivity contribution in [1.82, 2.24) is 14.5 Å². The van der Waals surface area contributed by atoms with E-state index in [-0.39, 0.29) is 11.9 Å². The van der Waals surface area contributed by atoms with E-state index in [0.29, 0.717) is 6.42 Å². The van der Waals surface area contributed by atoms with Crippen LogP contribution in [0.4, 0.5) is 0 Å². The van der Waals surface area contributed by atoms with Crippen LogP contribution >= 0.6 is 0 Å². The van der Waals surface area contributed by atoms with Crippen LogP contribution in [-0.4, -0.2) is 26.9 Å². The number of carbonyl (C=O) groups is 1. The summed E-state index contributed by atoms with van der Waals surface area (Å²) in [6.07, 6.45) is 6.89. The second kappa shape index (κ2) is 7.78. The minimum Gasteiger partial charge on any atom is -0.333 e. The van der Waals surface area contributed by atoms with Crippen LogP contribution in [0.25, 0.3) is 17.1 Å². The van der Waals surface area contributed by atoms with Crippen molar-refractivity contribution in [2.75, 3.05) is 6.54 Å². The van der Waals surface area contributed by atoms with E-state index in [1.165, 1.54) is 5.56 Å². The summed E-state index contributed by atoms with van der Waals surface area (Å²) in [6, 6.07) is 18.6. The number of fused-ring (bicyclic) bond motifs is 1. The lowest BCUT2D eigenvalue weighted by atomic mass is 10.2. The number of nitrogens with zero attached hydrogens (tertiary/aromatic N) is 3. The lowest BCUT2D eigenvalue weighted by molar-refractivity contribution is -0.131. The Morgan fingerprint density at radius 2 is 1.93 bits per heavy atom. The van der Waals surface area contributed by atoms with Crippen LogP contribution in [0.1, 0.15) is 43.6 Å². The minimum absolute atomic E-state index is 0.0787. The van der Waals surface area contributed by atoms with Crippen LogP contribution in [-0.2, 0) is 11.3 Å². The van der Waals surface area contributed by atoms with Crippen LogP contribution in [0.5, 0.6) is 0 Å². The summed E-state index contributed by atoms with van der Waals surface area (Å²) in [6.45, 7) is 3.51. The first-order chi connectivity index (χ1) is 13.3. The molecule has 27 heavy (non-hydrogen) atoms. The fraction of sp³-hybridized carbons (Fsp3) is 0.304. The Bertz CT molecular complexity index is 958. The first-order valence-corrected chi connectivity index (χ1v) is 9.74. The molecular weight excluding hydrogens is 334 g/mol. The van der Waals surface area contributed by atoms with Gasteiger partial charge in [-0.3, -0.25) is 4.79 Å². The number of para-hydroxylation sites is 2. The highest BCUT2D eigenvalue weighted by molar-refractivity contribution is 5.78. The third-order valence-corrected chi connectivity index (χ3v) is 5.26. The average molecular weight is 359 g/mol. The Morgan fingerprint density at radius 3 is 2.74 bits per heavy atom. The summed E-state index contributed by atoms with van der Waals surface area (Å²) in [5, 5.41) is 0. The monoisotopic (exact) mass is 359 g/mol. The van der Waals surface area contributed by atoms with Crippen molar-refractivity contribution in [2.24, 2.45) is 0 Å². The molecule has 1 unspecified atom stereocenters. The molecule has 4 heteroatoms. The predicted octanol–water partition coefficient (Wildman–Crippen LogP) is 4.82. The third kappa shape index (κ3) is 3.52. The van der Waals surface area contributed by atoms with Gasteiger partial charge in [0.15, 0.2) is 0 Å². The number of aromatic nitrogens is 2. The van der Waals surface area contributed by atoms with E-state index in [1.54, 1.807) is 0 Å². The van der Waals surface area contributed by atoms with Crippen molar-refractivity contribution in [3.63, 3.8) is 0 Å². The molecular formula is C23H25N3O. The van der Waals surface area contributed by atoms with Gasteiger partial charge >= 0.3 is 0 Å². The zero-order chi connectivity index (χ0) is 18.6. The van der Waals surface area contributed by atoms with E-state index in [1.807, 2.05) is 36.1 Å². The standard InChI is InChI=1S/C23H25N3O/c1-2-22(27)25-16-9-15-21(25)23-24-19-13-6-7-14-20(19)26(23)17-8-12-18-10-4-3-5-11-18/h3-8,10-14,21H,2,9,15-17H2,1H3/b12-8-. The van der Waals surface area contributed by atoms with E-state index in [9.17, 15) is 4.79 Å². The highest BCUT2D eigenvalue weighted by atomic mass is 16.2. The molecule has 1 atom stereocenters. The van der Waals surface area contributed by atoms with Crippen molar-refractivity contribution in [3.05, 3.63) is 72.1 Å². The highest BCUT2D eigenvalue weighted by Gasteiger charge is 2.32. The number of hydrogen-bond acceptors (Lipinski definition) is 2. The number of amides is 1. The molecule has 2 heterocycles. The van der Waals surface area contributed by atoms with Gasteiger partial charge in [0, 0.05) is 19.5 Å². The van der Waals surface area contributed by atoms with Crippen LogP contribution < -0.4 is 0 Å². The molecule has 0 spiro atoms. The van der Waals surface area contributed by atoms with E-state index < -0.39 is 0 Å². The summed E-state index contributed by atoms with van der Waals surface area (Å²) < 4.78 is 2.26. The summed E-state index contributed by atoms with van der Waals surface area (Å²) in [5.74, 6) is 1.23. The summed E-state index contributed by atoms with van der Waals surface area (Å²) >= 11 is 0. The molecule has 1 aliphatic heterocycles. The number of likely N-dealkylation sites (tertiary alicyclic amines) is 1. The summed E-state index contributed by atoms with van der Waals surface area (Å²) in [5.41, 5.74) is 3.31. The fourth-order valence-electron chi connectivity index (χ4n) is 3.94. The molecule has 138 valence electrons. The molecule has 1 fully saturated rings. The second-order valence-corrected chi connectivity index (χ2v) is 6.98. The van der Waals surface area contributed by atoms with Gasteiger partial charge < -0.3 is 9.47 Å². The Balaban J connectivity index is 1.69. The summed E-state index contributed by atoms with van der Waals surface area (Å²) in [7, 11) is 0. The van der Waals surface area contributed by atoms with E-state index >= 15 is 0 Å². The zero-order valence-electron chi connectivity index (χ0n) is 15.7. The maximum absolute atomic E-state index is 12.4. The van der Waals surface area contributed by atoms with Crippen LogP contribution in [0.15, 0.2) is 60.7 Å². The zero-order valence-corrected chi connectivity index (χ0v) is 15.7. The molecule has 3 aromatic rings. The normalized spacial score (nSPS) is 17.2. The molecule has 1 saturated heterocycles. The smallest absolute Gasteiger partial charge is 0.222 e. The molecule has 0 radical (unpaired) electrons. The number of rotatable bonds is 5. The van der Waals surface area contributed by atoms with Gasteiger partial charge in [-0.1, -0.05) is 61.5 Å². The number of hydrogen-bond donors (Lipinski definition) is 0. The molecule has 0 saturated carbocycles. The minimum atomic E-state index is 0.0787. The molecule has 0 bridgehead atoms. The molecule has 1 amide bonds. The molecule has 4 rings (SSSR count). The molecule has 2 aromatic carbocycles. The topological polar surface area (TPSA) is 38.1 Å². The molecule has 4 nitrogen and oxygen atoms in total. The Hall–Kier alpha value is -2.88. The van der Waals surface area contributed by atoms with Crippen LogP contribution in [0.2, 0.25) is 0 Å². The number of allylic oxidation sites excluding steroid dienone is 1. The van der Waals surface area contributed by atoms with E-state index in [4.69, 9.17) is 4.98 Å². The van der Waals surface area contributed by atoms with Crippen LogP contribution in [0, 0.1) is 0 Å². The highest BCUT2D eigenvalue weighted by Crippen LogP contribution is 2.33. The quantitative estimate of drug-likeness (QED) is 0.655. The molecule has 1 aliphatic rings. The Morgan fingerprint density at radius 1 is 1.15 bits per heavy atom.